The van der Waals surface area contributed by atoms with Crippen molar-refractivity contribution in [2.45, 2.75) is 38.1 Å². The van der Waals surface area contributed by atoms with Crippen LogP contribution in [0.15, 0.2) is 30.3 Å². The van der Waals surface area contributed by atoms with E-state index in [2.05, 4.69) is 47.6 Å². The van der Waals surface area contributed by atoms with Gasteiger partial charge in [0.15, 0.2) is 0 Å². The summed E-state index contributed by atoms with van der Waals surface area (Å²) in [6.45, 7) is 3.97. The zero-order valence-corrected chi connectivity index (χ0v) is 14.2. The van der Waals surface area contributed by atoms with Crippen LogP contribution in [0.25, 0.3) is 0 Å². The molecule has 4 heteroatoms. The summed E-state index contributed by atoms with van der Waals surface area (Å²) in [5.41, 5.74) is 1.42. The predicted octanol–water partition coefficient (Wildman–Crippen LogP) is 2.74. The monoisotopic (exact) mass is 315 g/mol. The fourth-order valence-corrected chi connectivity index (χ4v) is 3.71. The molecule has 2 amide bonds. The van der Waals surface area contributed by atoms with Crippen molar-refractivity contribution in [1.29, 1.82) is 0 Å². The van der Waals surface area contributed by atoms with Gasteiger partial charge in [0.1, 0.15) is 0 Å². The number of hydrogen-bond donors (Lipinski definition) is 1. The quantitative estimate of drug-likeness (QED) is 0.931. The standard InChI is InChI=1S/C19H29N3O/c1-21-11-9-18(10-12-21)20-19(23)22-13-7-17(8-14-22)15-16-5-3-2-4-6-16/h2-6,17-18H,7-15H2,1H3,(H,20,23). The van der Waals surface area contributed by atoms with Crippen LogP contribution in [0.1, 0.15) is 31.2 Å². The van der Waals surface area contributed by atoms with Gasteiger partial charge in [-0.25, -0.2) is 4.79 Å². The van der Waals surface area contributed by atoms with Crippen LogP contribution in [-0.4, -0.2) is 55.1 Å². The SMILES string of the molecule is CN1CCC(NC(=O)N2CCC(Cc3ccccc3)CC2)CC1. The predicted molar refractivity (Wildman–Crippen MR) is 93.5 cm³/mol. The molecule has 0 bridgehead atoms. The number of carbonyl (C=O) groups excluding carboxylic acids is 1. The number of hydrogen-bond acceptors (Lipinski definition) is 2. The Balaban J connectivity index is 1.40. The summed E-state index contributed by atoms with van der Waals surface area (Å²) in [6.07, 6.45) is 5.54. The third-order valence-electron chi connectivity index (χ3n) is 5.32. The molecule has 3 rings (SSSR count). The number of benzene rings is 1. The minimum Gasteiger partial charge on any atom is -0.335 e. The average molecular weight is 315 g/mol. The molecule has 2 aliphatic heterocycles. The van der Waals surface area contributed by atoms with Crippen LogP contribution in [0.3, 0.4) is 0 Å². The molecule has 2 fully saturated rings. The summed E-state index contributed by atoms with van der Waals surface area (Å²) in [5, 5.41) is 3.23. The summed E-state index contributed by atoms with van der Waals surface area (Å²) in [7, 11) is 2.15. The lowest BCUT2D eigenvalue weighted by atomic mass is 9.90. The normalized spacial score (nSPS) is 21.3. The highest BCUT2D eigenvalue weighted by Crippen LogP contribution is 2.22. The first-order valence-electron chi connectivity index (χ1n) is 8.98. The smallest absolute Gasteiger partial charge is 0.317 e. The Morgan fingerprint density at radius 2 is 1.70 bits per heavy atom. The van der Waals surface area contributed by atoms with Gasteiger partial charge in [-0.2, -0.15) is 0 Å². The van der Waals surface area contributed by atoms with Crippen LogP contribution in [0.4, 0.5) is 4.79 Å². The summed E-state index contributed by atoms with van der Waals surface area (Å²) in [6, 6.07) is 11.2. The van der Waals surface area contributed by atoms with Gasteiger partial charge in [-0.05, 0) is 63.7 Å². The van der Waals surface area contributed by atoms with Gasteiger partial charge in [0.25, 0.3) is 0 Å². The second kappa shape index (κ2) is 7.82. The largest absolute Gasteiger partial charge is 0.335 e. The lowest BCUT2D eigenvalue weighted by Crippen LogP contribution is -2.50. The van der Waals surface area contributed by atoms with Gasteiger partial charge in [-0.15, -0.1) is 0 Å². The Morgan fingerprint density at radius 3 is 2.35 bits per heavy atom. The first kappa shape index (κ1) is 16.3. The fourth-order valence-electron chi connectivity index (χ4n) is 3.71. The Labute approximate surface area is 139 Å². The van der Waals surface area contributed by atoms with E-state index >= 15 is 0 Å². The third-order valence-corrected chi connectivity index (χ3v) is 5.32. The number of piperidine rings is 2. The maximum Gasteiger partial charge on any atom is 0.317 e. The number of rotatable bonds is 3. The van der Waals surface area contributed by atoms with Crippen molar-refractivity contribution in [3.8, 4) is 0 Å². The van der Waals surface area contributed by atoms with Gasteiger partial charge >= 0.3 is 6.03 Å². The third kappa shape index (κ3) is 4.71. The summed E-state index contributed by atoms with van der Waals surface area (Å²) in [4.78, 5) is 16.8. The molecule has 1 aromatic carbocycles. The molecular weight excluding hydrogens is 286 g/mol. The molecule has 2 heterocycles. The van der Waals surface area contributed by atoms with Gasteiger partial charge in [-0.1, -0.05) is 30.3 Å². The topological polar surface area (TPSA) is 35.6 Å². The van der Waals surface area contributed by atoms with Crippen molar-refractivity contribution >= 4 is 6.03 Å². The molecule has 0 spiro atoms. The molecule has 2 aliphatic rings. The van der Waals surface area contributed by atoms with Crippen LogP contribution < -0.4 is 5.32 Å². The second-order valence-electron chi connectivity index (χ2n) is 7.15. The molecule has 0 aliphatic carbocycles. The van der Waals surface area contributed by atoms with E-state index < -0.39 is 0 Å². The van der Waals surface area contributed by atoms with Gasteiger partial charge in [-0.3, -0.25) is 0 Å². The van der Waals surface area contributed by atoms with E-state index in [9.17, 15) is 4.79 Å². The van der Waals surface area contributed by atoms with E-state index in [0.717, 1.165) is 58.3 Å². The number of amides is 2. The van der Waals surface area contributed by atoms with E-state index in [-0.39, 0.29) is 6.03 Å². The maximum absolute atomic E-state index is 12.4. The number of likely N-dealkylation sites (tertiary alicyclic amines) is 2. The first-order valence-corrected chi connectivity index (χ1v) is 8.98. The summed E-state index contributed by atoms with van der Waals surface area (Å²) in [5.74, 6) is 0.713. The fraction of sp³-hybridized carbons (Fsp3) is 0.632. The van der Waals surface area contributed by atoms with Gasteiger partial charge < -0.3 is 15.1 Å². The van der Waals surface area contributed by atoms with Gasteiger partial charge in [0.05, 0.1) is 0 Å². The van der Waals surface area contributed by atoms with Gasteiger partial charge in [0.2, 0.25) is 0 Å². The van der Waals surface area contributed by atoms with E-state index in [1.165, 1.54) is 5.56 Å². The molecule has 0 radical (unpaired) electrons. The van der Waals surface area contributed by atoms with Crippen molar-refractivity contribution in [1.82, 2.24) is 15.1 Å². The van der Waals surface area contributed by atoms with E-state index in [1.54, 1.807) is 0 Å². The zero-order chi connectivity index (χ0) is 16.1. The number of nitrogens with zero attached hydrogens (tertiary/aromatic N) is 2. The zero-order valence-electron chi connectivity index (χ0n) is 14.2. The molecule has 4 nitrogen and oxygen atoms in total. The highest BCUT2D eigenvalue weighted by molar-refractivity contribution is 5.74. The van der Waals surface area contributed by atoms with Crippen molar-refractivity contribution < 1.29 is 4.79 Å². The Bertz CT molecular complexity index is 489. The Hall–Kier alpha value is -1.55. The van der Waals surface area contributed by atoms with Crippen LogP contribution in [0.2, 0.25) is 0 Å². The van der Waals surface area contributed by atoms with Crippen molar-refractivity contribution in [2.75, 3.05) is 33.2 Å². The minimum absolute atomic E-state index is 0.151. The molecule has 0 atom stereocenters. The Morgan fingerprint density at radius 1 is 1.04 bits per heavy atom. The molecule has 1 aromatic rings. The number of urea groups is 1. The molecule has 0 saturated carbocycles. The lowest BCUT2D eigenvalue weighted by molar-refractivity contribution is 0.159. The molecular formula is C19H29N3O. The van der Waals surface area contributed by atoms with Gasteiger partial charge in [0, 0.05) is 19.1 Å². The average Bonchev–Trinajstić information content (AvgIpc) is 2.58. The molecule has 2 saturated heterocycles. The highest BCUT2D eigenvalue weighted by Gasteiger charge is 2.25. The van der Waals surface area contributed by atoms with E-state index in [0.29, 0.717) is 12.0 Å². The molecule has 23 heavy (non-hydrogen) atoms. The maximum atomic E-state index is 12.4. The summed E-state index contributed by atoms with van der Waals surface area (Å²) < 4.78 is 0. The molecule has 126 valence electrons. The minimum atomic E-state index is 0.151. The number of carbonyl (C=O) groups is 1. The van der Waals surface area contributed by atoms with Crippen LogP contribution >= 0.6 is 0 Å². The molecule has 0 unspecified atom stereocenters. The Kier molecular flexibility index (Phi) is 5.55. The summed E-state index contributed by atoms with van der Waals surface area (Å²) >= 11 is 0. The van der Waals surface area contributed by atoms with Crippen LogP contribution in [-0.2, 0) is 6.42 Å². The molecule has 1 N–H and O–H groups in total. The van der Waals surface area contributed by atoms with E-state index in [1.807, 2.05) is 4.90 Å². The van der Waals surface area contributed by atoms with Crippen LogP contribution in [0.5, 0.6) is 0 Å². The number of nitrogens with one attached hydrogen (secondary N) is 1. The first-order chi connectivity index (χ1) is 11.2. The van der Waals surface area contributed by atoms with Crippen LogP contribution in [0, 0.1) is 5.92 Å². The highest BCUT2D eigenvalue weighted by atomic mass is 16.2. The van der Waals surface area contributed by atoms with E-state index in [4.69, 9.17) is 0 Å². The lowest BCUT2D eigenvalue weighted by Gasteiger charge is -2.35. The second-order valence-corrected chi connectivity index (χ2v) is 7.15. The van der Waals surface area contributed by atoms with Crippen molar-refractivity contribution in [3.05, 3.63) is 35.9 Å². The van der Waals surface area contributed by atoms with Crippen molar-refractivity contribution in [3.63, 3.8) is 0 Å². The molecule has 0 aromatic heterocycles. The van der Waals surface area contributed by atoms with Crippen molar-refractivity contribution in [2.24, 2.45) is 5.92 Å².